The van der Waals surface area contributed by atoms with Crippen LogP contribution in [0.3, 0.4) is 0 Å². The van der Waals surface area contributed by atoms with Crippen molar-refractivity contribution in [2.24, 2.45) is 0 Å². The molecule has 0 aliphatic carbocycles. The number of hydrogen-bond acceptors (Lipinski definition) is 7. The molecule has 8 heteroatoms. The highest BCUT2D eigenvalue weighted by Crippen LogP contribution is 2.38. The van der Waals surface area contributed by atoms with Crippen molar-refractivity contribution < 1.29 is 33.3 Å². The van der Waals surface area contributed by atoms with Crippen LogP contribution >= 0.6 is 0 Å². The first-order chi connectivity index (χ1) is 14.8. The Kier molecular flexibility index (Phi) is 6.39. The lowest BCUT2D eigenvalue weighted by molar-refractivity contribution is 0.0379. The van der Waals surface area contributed by atoms with Crippen molar-refractivity contribution in [2.45, 2.75) is 26.9 Å². The van der Waals surface area contributed by atoms with E-state index < -0.39 is 11.9 Å². The van der Waals surface area contributed by atoms with Crippen LogP contribution in [-0.2, 0) is 4.74 Å². The molecular formula is C23H25NO7. The molecule has 1 heterocycles. The van der Waals surface area contributed by atoms with Gasteiger partial charge in [-0.15, -0.1) is 0 Å². The molecule has 0 saturated carbocycles. The summed E-state index contributed by atoms with van der Waals surface area (Å²) in [7, 11) is 4.41. The van der Waals surface area contributed by atoms with Crippen LogP contribution in [0.2, 0.25) is 0 Å². The molecule has 0 unspecified atom stereocenters. The molecule has 1 aromatic heterocycles. The Balaban J connectivity index is 1.95. The minimum Gasteiger partial charge on any atom is -0.493 e. The number of benzene rings is 2. The molecule has 0 fully saturated rings. The van der Waals surface area contributed by atoms with E-state index in [1.165, 1.54) is 33.5 Å². The highest BCUT2D eigenvalue weighted by Gasteiger charge is 2.21. The molecule has 3 aromatic rings. The molecule has 1 N–H and O–H groups in total. The minimum atomic E-state index is -0.614. The maximum Gasteiger partial charge on any atom is 0.343 e. The Bertz CT molecular complexity index is 1110. The summed E-state index contributed by atoms with van der Waals surface area (Å²) >= 11 is 0. The summed E-state index contributed by atoms with van der Waals surface area (Å²) in [5, 5.41) is 0.610. The lowest BCUT2D eigenvalue weighted by Gasteiger charge is -2.13. The molecule has 2 aromatic carbocycles. The van der Waals surface area contributed by atoms with Gasteiger partial charge in [0.05, 0.1) is 38.6 Å². The van der Waals surface area contributed by atoms with E-state index in [0.717, 1.165) is 5.52 Å². The third kappa shape index (κ3) is 4.42. The van der Waals surface area contributed by atoms with E-state index in [-0.39, 0.29) is 17.4 Å². The van der Waals surface area contributed by atoms with Crippen LogP contribution in [0.5, 0.6) is 23.0 Å². The number of fused-ring (bicyclic) bond motifs is 1. The van der Waals surface area contributed by atoms with Gasteiger partial charge in [0.15, 0.2) is 11.5 Å². The van der Waals surface area contributed by atoms with Crippen LogP contribution in [0.4, 0.5) is 0 Å². The zero-order valence-corrected chi connectivity index (χ0v) is 18.3. The SMILES string of the molecule is COc1cc(C(=O)Oc2ccc3[nH]c(C)c(C(=O)OC(C)C)c3c2)cc(OC)c1OC. The normalized spacial score (nSPS) is 10.8. The Morgan fingerprint density at radius 3 is 2.10 bits per heavy atom. The highest BCUT2D eigenvalue weighted by molar-refractivity contribution is 6.06. The molecular weight excluding hydrogens is 402 g/mol. The first kappa shape index (κ1) is 22.0. The summed E-state index contributed by atoms with van der Waals surface area (Å²) in [5.74, 6) is 0.278. The smallest absolute Gasteiger partial charge is 0.343 e. The van der Waals surface area contributed by atoms with E-state index >= 15 is 0 Å². The monoisotopic (exact) mass is 427 g/mol. The number of ether oxygens (including phenoxy) is 5. The van der Waals surface area contributed by atoms with Crippen LogP contribution in [0.15, 0.2) is 30.3 Å². The Morgan fingerprint density at radius 1 is 0.903 bits per heavy atom. The van der Waals surface area contributed by atoms with Gasteiger partial charge < -0.3 is 28.7 Å². The first-order valence-electron chi connectivity index (χ1n) is 9.64. The fourth-order valence-corrected chi connectivity index (χ4v) is 3.27. The average molecular weight is 427 g/mol. The average Bonchev–Trinajstić information content (AvgIpc) is 3.06. The van der Waals surface area contributed by atoms with Crippen molar-refractivity contribution in [1.29, 1.82) is 0 Å². The number of carbonyl (C=O) groups is 2. The van der Waals surface area contributed by atoms with Crippen LogP contribution in [-0.4, -0.2) is 44.4 Å². The van der Waals surface area contributed by atoms with Gasteiger partial charge in [0.25, 0.3) is 0 Å². The molecule has 3 rings (SSSR count). The molecule has 0 bridgehead atoms. The Morgan fingerprint density at radius 2 is 1.55 bits per heavy atom. The number of aromatic amines is 1. The summed E-state index contributed by atoms with van der Waals surface area (Å²) in [4.78, 5) is 28.4. The number of rotatable bonds is 7. The zero-order chi connectivity index (χ0) is 22.7. The standard InChI is InChI=1S/C23H25NO7/c1-12(2)30-23(26)20-13(3)24-17-8-7-15(11-16(17)20)31-22(25)14-9-18(27-4)21(29-6)19(10-14)28-5/h7-12,24H,1-6H3. The molecule has 0 spiro atoms. The van der Waals surface area contributed by atoms with Crippen molar-refractivity contribution >= 4 is 22.8 Å². The summed E-state index contributed by atoms with van der Waals surface area (Å²) in [6.07, 6.45) is -0.252. The largest absolute Gasteiger partial charge is 0.493 e. The third-order valence-corrected chi connectivity index (χ3v) is 4.62. The number of aromatic nitrogens is 1. The quantitative estimate of drug-likeness (QED) is 0.444. The van der Waals surface area contributed by atoms with Gasteiger partial charge in [-0.25, -0.2) is 9.59 Å². The van der Waals surface area contributed by atoms with E-state index in [2.05, 4.69) is 4.98 Å². The van der Waals surface area contributed by atoms with Crippen molar-refractivity contribution in [3.05, 3.63) is 47.2 Å². The first-order valence-corrected chi connectivity index (χ1v) is 9.64. The number of nitrogens with one attached hydrogen (secondary N) is 1. The third-order valence-electron chi connectivity index (χ3n) is 4.62. The lowest BCUT2D eigenvalue weighted by atomic mass is 10.1. The van der Waals surface area contributed by atoms with Gasteiger partial charge in [-0.05, 0) is 51.1 Å². The van der Waals surface area contributed by atoms with Crippen LogP contribution in [0.25, 0.3) is 10.9 Å². The van der Waals surface area contributed by atoms with Crippen molar-refractivity contribution in [1.82, 2.24) is 4.98 Å². The number of hydrogen-bond donors (Lipinski definition) is 1. The number of carbonyl (C=O) groups excluding carboxylic acids is 2. The van der Waals surface area contributed by atoms with Crippen molar-refractivity contribution in [3.8, 4) is 23.0 Å². The van der Waals surface area contributed by atoms with Crippen LogP contribution in [0, 0.1) is 6.92 Å². The molecule has 0 radical (unpaired) electrons. The van der Waals surface area contributed by atoms with Gasteiger partial charge in [-0.2, -0.15) is 0 Å². The van der Waals surface area contributed by atoms with Crippen molar-refractivity contribution in [2.75, 3.05) is 21.3 Å². The van der Waals surface area contributed by atoms with E-state index in [4.69, 9.17) is 23.7 Å². The summed E-state index contributed by atoms with van der Waals surface area (Å²) in [6, 6.07) is 8.03. The molecule has 0 saturated heterocycles. The van der Waals surface area contributed by atoms with Crippen LogP contribution in [0.1, 0.15) is 40.3 Å². The lowest BCUT2D eigenvalue weighted by Crippen LogP contribution is -2.12. The molecule has 0 atom stereocenters. The molecule has 8 nitrogen and oxygen atoms in total. The fourth-order valence-electron chi connectivity index (χ4n) is 3.27. The van der Waals surface area contributed by atoms with Gasteiger partial charge in [0.1, 0.15) is 5.75 Å². The van der Waals surface area contributed by atoms with Gasteiger partial charge in [-0.1, -0.05) is 0 Å². The topological polar surface area (TPSA) is 96.1 Å². The van der Waals surface area contributed by atoms with Crippen LogP contribution < -0.4 is 18.9 Å². The summed E-state index contributed by atoms with van der Waals surface area (Å²) in [5.41, 5.74) is 2.04. The predicted octanol–water partition coefficient (Wildman–Crippen LogP) is 4.29. The molecule has 0 aliphatic heterocycles. The number of methoxy groups -OCH3 is 3. The maximum absolute atomic E-state index is 12.8. The second-order valence-corrected chi connectivity index (χ2v) is 7.09. The fraction of sp³-hybridized carbons (Fsp3) is 0.304. The summed E-state index contributed by atoms with van der Waals surface area (Å²) in [6.45, 7) is 5.36. The zero-order valence-electron chi connectivity index (χ0n) is 18.3. The van der Waals surface area contributed by atoms with Gasteiger partial charge in [-0.3, -0.25) is 0 Å². The van der Waals surface area contributed by atoms with E-state index in [0.29, 0.717) is 33.9 Å². The number of esters is 2. The summed E-state index contributed by atoms with van der Waals surface area (Å²) < 4.78 is 26.7. The number of aryl methyl sites for hydroxylation is 1. The molecule has 164 valence electrons. The van der Waals surface area contributed by atoms with Crippen molar-refractivity contribution in [3.63, 3.8) is 0 Å². The molecule has 0 aliphatic rings. The maximum atomic E-state index is 12.8. The second kappa shape index (κ2) is 8.99. The second-order valence-electron chi connectivity index (χ2n) is 7.09. The predicted molar refractivity (Wildman–Crippen MR) is 115 cm³/mol. The number of H-pyrrole nitrogens is 1. The van der Waals surface area contributed by atoms with E-state index in [1.54, 1.807) is 39.0 Å². The Hall–Kier alpha value is -3.68. The van der Waals surface area contributed by atoms with E-state index in [1.807, 2.05) is 0 Å². The minimum absolute atomic E-state index is 0.222. The van der Waals surface area contributed by atoms with Gasteiger partial charge >= 0.3 is 11.9 Å². The van der Waals surface area contributed by atoms with E-state index in [9.17, 15) is 9.59 Å². The molecule has 0 amide bonds. The van der Waals surface area contributed by atoms with Gasteiger partial charge in [0, 0.05) is 16.6 Å². The Labute approximate surface area is 180 Å². The van der Waals surface area contributed by atoms with Gasteiger partial charge in [0.2, 0.25) is 5.75 Å². The molecule has 31 heavy (non-hydrogen) atoms. The highest BCUT2D eigenvalue weighted by atomic mass is 16.5.